The highest BCUT2D eigenvalue weighted by molar-refractivity contribution is 6.35. The van der Waals surface area contributed by atoms with Gasteiger partial charge in [-0.15, -0.1) is 0 Å². The van der Waals surface area contributed by atoms with Crippen LogP contribution in [-0.2, 0) is 4.79 Å². The van der Waals surface area contributed by atoms with Gasteiger partial charge in [-0.05, 0) is 56.2 Å². The van der Waals surface area contributed by atoms with Crippen molar-refractivity contribution in [3.8, 4) is 5.75 Å². The fraction of sp³-hybridized carbons (Fsp3) is 0.529. The summed E-state index contributed by atoms with van der Waals surface area (Å²) in [7, 11) is 0. The maximum absolute atomic E-state index is 11.8. The van der Waals surface area contributed by atoms with Crippen molar-refractivity contribution in [2.24, 2.45) is 11.0 Å². The van der Waals surface area contributed by atoms with Gasteiger partial charge in [0.15, 0.2) is 0 Å². The van der Waals surface area contributed by atoms with E-state index in [4.69, 9.17) is 27.9 Å². The number of carbonyl (C=O) groups is 1. The second-order valence-electron chi connectivity index (χ2n) is 5.94. The summed E-state index contributed by atoms with van der Waals surface area (Å²) in [6.45, 7) is 2.64. The maximum atomic E-state index is 11.8. The normalized spacial score (nSPS) is 19.6. The summed E-state index contributed by atoms with van der Waals surface area (Å²) in [4.78, 5) is 11.8. The minimum atomic E-state index is -0.0819. The molecule has 23 heavy (non-hydrogen) atoms. The van der Waals surface area contributed by atoms with Gasteiger partial charge in [0.1, 0.15) is 5.75 Å². The summed E-state index contributed by atoms with van der Waals surface area (Å²) in [5, 5.41) is 5.27. The van der Waals surface area contributed by atoms with E-state index >= 15 is 0 Å². The molecule has 0 bridgehead atoms. The number of hydrogen-bond acceptors (Lipinski definition) is 3. The molecular weight excluding hydrogens is 335 g/mol. The van der Waals surface area contributed by atoms with Crippen molar-refractivity contribution in [3.63, 3.8) is 0 Å². The minimum absolute atomic E-state index is 0.0819. The van der Waals surface area contributed by atoms with Gasteiger partial charge in [-0.1, -0.05) is 30.1 Å². The Morgan fingerprint density at radius 3 is 3.00 bits per heavy atom. The molecule has 1 aromatic carbocycles. The van der Waals surface area contributed by atoms with E-state index in [-0.39, 0.29) is 5.91 Å². The quantitative estimate of drug-likeness (QED) is 0.585. The Hall–Kier alpha value is -1.26. The summed E-state index contributed by atoms with van der Waals surface area (Å²) >= 11 is 11.8. The summed E-state index contributed by atoms with van der Waals surface area (Å²) in [6.07, 6.45) is 5.36. The summed E-state index contributed by atoms with van der Waals surface area (Å²) < 4.78 is 5.54. The van der Waals surface area contributed by atoms with Crippen molar-refractivity contribution >= 4 is 34.8 Å². The first-order valence-electron chi connectivity index (χ1n) is 7.96. The molecule has 1 aromatic rings. The fourth-order valence-electron chi connectivity index (χ4n) is 2.57. The molecule has 0 heterocycles. The number of amides is 1. The van der Waals surface area contributed by atoms with Gasteiger partial charge in [-0.25, -0.2) is 5.43 Å². The predicted molar refractivity (Wildman–Crippen MR) is 94.4 cm³/mol. The number of hydrazone groups is 1. The zero-order valence-corrected chi connectivity index (χ0v) is 14.8. The third kappa shape index (κ3) is 6.40. The van der Waals surface area contributed by atoms with Crippen LogP contribution >= 0.6 is 23.2 Å². The lowest BCUT2D eigenvalue weighted by Crippen LogP contribution is -2.22. The number of nitrogens with one attached hydrogen (secondary N) is 1. The smallest absolute Gasteiger partial charge is 0.240 e. The lowest BCUT2D eigenvalue weighted by atomic mass is 9.89. The third-order valence-corrected chi connectivity index (χ3v) is 4.32. The Labute approximate surface area is 147 Å². The molecule has 1 saturated carbocycles. The number of carbonyl (C=O) groups excluding carboxylic acids is 1. The standard InChI is InChI=1S/C17H22Cl2N2O2/c1-12-4-2-5-14(10-12)20-21-17(22)6-3-9-23-16-8-7-13(18)11-15(16)19/h7-8,11-12H,2-6,9-10H2,1H3,(H,21,22)/b20-14-/t12-/m0/s1. The number of halogens is 2. The third-order valence-electron chi connectivity index (χ3n) is 3.78. The second kappa shape index (κ2) is 9.14. The van der Waals surface area contributed by atoms with Crippen LogP contribution in [0, 0.1) is 5.92 Å². The Bertz CT molecular complexity index is 576. The summed E-state index contributed by atoms with van der Waals surface area (Å²) in [6, 6.07) is 5.07. The van der Waals surface area contributed by atoms with E-state index in [1.54, 1.807) is 18.2 Å². The number of hydrogen-bond donors (Lipinski definition) is 1. The molecule has 126 valence electrons. The molecule has 1 atom stereocenters. The van der Waals surface area contributed by atoms with Crippen molar-refractivity contribution in [3.05, 3.63) is 28.2 Å². The predicted octanol–water partition coefficient (Wildman–Crippen LogP) is 4.83. The van der Waals surface area contributed by atoms with Crippen molar-refractivity contribution in [1.29, 1.82) is 0 Å². The minimum Gasteiger partial charge on any atom is -0.492 e. The first-order chi connectivity index (χ1) is 11.0. The van der Waals surface area contributed by atoms with Crippen LogP contribution in [0.3, 0.4) is 0 Å². The molecule has 4 nitrogen and oxygen atoms in total. The van der Waals surface area contributed by atoms with Crippen LogP contribution < -0.4 is 10.2 Å². The molecule has 0 aliphatic heterocycles. The molecule has 1 aliphatic rings. The van der Waals surface area contributed by atoms with Crippen LogP contribution in [0.2, 0.25) is 10.0 Å². The topological polar surface area (TPSA) is 50.7 Å². The van der Waals surface area contributed by atoms with Crippen LogP contribution in [0.1, 0.15) is 45.4 Å². The maximum Gasteiger partial charge on any atom is 0.240 e. The lowest BCUT2D eigenvalue weighted by Gasteiger charge is -2.18. The zero-order valence-electron chi connectivity index (χ0n) is 13.3. The molecule has 1 amide bonds. The van der Waals surface area contributed by atoms with Gasteiger partial charge in [0.2, 0.25) is 5.91 Å². The molecule has 0 spiro atoms. The van der Waals surface area contributed by atoms with Gasteiger partial charge in [-0.2, -0.15) is 5.10 Å². The number of rotatable bonds is 6. The Balaban J connectivity index is 1.65. The molecule has 1 aliphatic carbocycles. The van der Waals surface area contributed by atoms with Gasteiger partial charge < -0.3 is 4.74 Å². The second-order valence-corrected chi connectivity index (χ2v) is 6.78. The van der Waals surface area contributed by atoms with Crippen molar-refractivity contribution in [2.45, 2.75) is 45.4 Å². The molecule has 2 rings (SSSR count). The monoisotopic (exact) mass is 356 g/mol. The molecule has 0 radical (unpaired) electrons. The Morgan fingerprint density at radius 1 is 1.43 bits per heavy atom. The van der Waals surface area contributed by atoms with E-state index in [1.165, 1.54) is 6.42 Å². The fourth-order valence-corrected chi connectivity index (χ4v) is 3.03. The van der Waals surface area contributed by atoms with Gasteiger partial charge in [0.25, 0.3) is 0 Å². The highest BCUT2D eigenvalue weighted by atomic mass is 35.5. The van der Waals surface area contributed by atoms with Gasteiger partial charge in [0.05, 0.1) is 11.6 Å². The van der Waals surface area contributed by atoms with Crippen molar-refractivity contribution in [2.75, 3.05) is 6.61 Å². The van der Waals surface area contributed by atoms with Gasteiger partial charge in [0, 0.05) is 17.2 Å². The molecule has 0 saturated heterocycles. The highest BCUT2D eigenvalue weighted by Crippen LogP contribution is 2.27. The number of nitrogens with zero attached hydrogens (tertiary/aromatic N) is 1. The number of ether oxygens (including phenoxy) is 1. The van der Waals surface area contributed by atoms with Crippen molar-refractivity contribution in [1.82, 2.24) is 5.43 Å². The SMILES string of the molecule is C[C@H]1CCC/C(=N/NC(=O)CCCOc2ccc(Cl)cc2Cl)C1. The van der Waals surface area contributed by atoms with Gasteiger partial charge in [-0.3, -0.25) is 4.79 Å². The molecule has 6 heteroatoms. The van der Waals surface area contributed by atoms with Crippen LogP contribution in [0.5, 0.6) is 5.75 Å². The van der Waals surface area contributed by atoms with Gasteiger partial charge >= 0.3 is 0 Å². The lowest BCUT2D eigenvalue weighted by molar-refractivity contribution is -0.121. The molecule has 1 N–H and O–H groups in total. The van der Waals surface area contributed by atoms with Crippen molar-refractivity contribution < 1.29 is 9.53 Å². The van der Waals surface area contributed by atoms with Crippen LogP contribution in [0.4, 0.5) is 0 Å². The average molecular weight is 357 g/mol. The summed E-state index contributed by atoms with van der Waals surface area (Å²) in [5.74, 6) is 1.16. The number of benzene rings is 1. The van der Waals surface area contributed by atoms with E-state index in [2.05, 4.69) is 17.5 Å². The molecule has 1 fully saturated rings. The van der Waals surface area contributed by atoms with E-state index in [0.717, 1.165) is 25.0 Å². The van der Waals surface area contributed by atoms with E-state index in [1.807, 2.05) is 0 Å². The largest absolute Gasteiger partial charge is 0.492 e. The van der Waals surface area contributed by atoms with Crippen LogP contribution in [0.15, 0.2) is 23.3 Å². The first-order valence-corrected chi connectivity index (χ1v) is 8.72. The molecule has 0 unspecified atom stereocenters. The average Bonchev–Trinajstić information content (AvgIpc) is 2.51. The van der Waals surface area contributed by atoms with E-state index in [9.17, 15) is 4.79 Å². The zero-order chi connectivity index (χ0) is 16.7. The van der Waals surface area contributed by atoms with Crippen LogP contribution in [-0.4, -0.2) is 18.2 Å². The Kier molecular flexibility index (Phi) is 7.18. The Morgan fingerprint density at radius 2 is 2.26 bits per heavy atom. The molecular formula is C17H22Cl2N2O2. The van der Waals surface area contributed by atoms with E-state index < -0.39 is 0 Å². The highest BCUT2D eigenvalue weighted by Gasteiger charge is 2.14. The van der Waals surface area contributed by atoms with E-state index in [0.29, 0.717) is 41.2 Å². The summed E-state index contributed by atoms with van der Waals surface area (Å²) in [5.41, 5.74) is 3.74. The van der Waals surface area contributed by atoms with Crippen LogP contribution in [0.25, 0.3) is 0 Å². The first kappa shape index (κ1) is 18.1. The molecule has 0 aromatic heterocycles.